The number of hydrogen-bond acceptors (Lipinski definition) is 2. The minimum Gasteiger partial charge on any atom is -0.378 e. The van der Waals surface area contributed by atoms with E-state index in [0.29, 0.717) is 12.0 Å². The molecule has 0 aromatic heterocycles. The normalized spacial score (nSPS) is 21.5. The molecule has 0 saturated heterocycles. The number of nitrogens with two attached hydrogens (primary N) is 1. The van der Waals surface area contributed by atoms with Crippen molar-refractivity contribution in [3.63, 3.8) is 0 Å². The maximum atomic E-state index is 5.79. The van der Waals surface area contributed by atoms with E-state index in [9.17, 15) is 0 Å². The number of fused-ring (bicyclic) bond motifs is 1. The number of para-hydroxylation sites is 1. The second-order valence-electron chi connectivity index (χ2n) is 5.23. The first-order valence-corrected chi connectivity index (χ1v) is 6.98. The van der Waals surface area contributed by atoms with Crippen LogP contribution in [0.25, 0.3) is 0 Å². The third-order valence-electron chi connectivity index (χ3n) is 3.98. The van der Waals surface area contributed by atoms with Crippen molar-refractivity contribution in [3.8, 4) is 0 Å². The molecule has 1 aliphatic rings. The molecule has 1 aliphatic heterocycles. The molecule has 0 radical (unpaired) electrons. The molecule has 0 amide bonds. The lowest BCUT2D eigenvalue weighted by atomic mass is 9.82. The van der Waals surface area contributed by atoms with Gasteiger partial charge >= 0.3 is 0 Å². The van der Waals surface area contributed by atoms with Gasteiger partial charge in [-0.3, -0.25) is 0 Å². The number of nitrogens with one attached hydrogen (secondary N) is 1. The van der Waals surface area contributed by atoms with E-state index < -0.39 is 0 Å². The smallest absolute Gasteiger partial charge is 0.0545 e. The van der Waals surface area contributed by atoms with Crippen molar-refractivity contribution in [2.75, 3.05) is 11.9 Å². The van der Waals surface area contributed by atoms with E-state index in [0.717, 1.165) is 19.4 Å². The number of benzene rings is 2. The Hall–Kier alpha value is -1.80. The van der Waals surface area contributed by atoms with E-state index in [1.54, 1.807) is 0 Å². The van der Waals surface area contributed by atoms with E-state index in [1.807, 2.05) is 0 Å². The molecule has 2 aromatic rings. The van der Waals surface area contributed by atoms with Crippen LogP contribution in [0.3, 0.4) is 0 Å². The summed E-state index contributed by atoms with van der Waals surface area (Å²) in [7, 11) is 0. The largest absolute Gasteiger partial charge is 0.378 e. The quantitative estimate of drug-likeness (QED) is 0.879. The molecule has 0 aliphatic carbocycles. The monoisotopic (exact) mass is 252 g/mol. The Kier molecular flexibility index (Phi) is 3.51. The van der Waals surface area contributed by atoms with Gasteiger partial charge < -0.3 is 11.1 Å². The molecule has 0 unspecified atom stereocenters. The Morgan fingerprint density at radius 3 is 2.53 bits per heavy atom. The molecule has 3 N–H and O–H groups in total. The van der Waals surface area contributed by atoms with Crippen molar-refractivity contribution in [2.24, 2.45) is 11.7 Å². The minimum atomic E-state index is 0.375. The Morgan fingerprint density at radius 2 is 1.74 bits per heavy atom. The molecule has 3 rings (SSSR count). The zero-order chi connectivity index (χ0) is 13.1. The SMILES string of the molecule is NCC[C@H]1Cc2ccccc2N[C@H]1c1ccccc1. The molecule has 19 heavy (non-hydrogen) atoms. The molecular weight excluding hydrogens is 232 g/mol. The van der Waals surface area contributed by atoms with Crippen LogP contribution in [-0.2, 0) is 6.42 Å². The van der Waals surface area contributed by atoms with E-state index in [1.165, 1.54) is 16.8 Å². The highest BCUT2D eigenvalue weighted by molar-refractivity contribution is 5.55. The predicted molar refractivity (Wildman–Crippen MR) is 80.1 cm³/mol. The van der Waals surface area contributed by atoms with Crippen molar-refractivity contribution < 1.29 is 0 Å². The summed E-state index contributed by atoms with van der Waals surface area (Å²) in [6, 6.07) is 19.7. The van der Waals surface area contributed by atoms with Crippen molar-refractivity contribution in [1.29, 1.82) is 0 Å². The van der Waals surface area contributed by atoms with Crippen LogP contribution >= 0.6 is 0 Å². The first kappa shape index (κ1) is 12.2. The second-order valence-corrected chi connectivity index (χ2v) is 5.23. The Labute approximate surface area is 114 Å². The first-order valence-electron chi connectivity index (χ1n) is 6.98. The average Bonchev–Trinajstić information content (AvgIpc) is 2.48. The van der Waals surface area contributed by atoms with Crippen LogP contribution in [0.4, 0.5) is 5.69 Å². The lowest BCUT2D eigenvalue weighted by molar-refractivity contribution is 0.413. The minimum absolute atomic E-state index is 0.375. The van der Waals surface area contributed by atoms with Crippen molar-refractivity contribution in [1.82, 2.24) is 0 Å². The molecule has 0 saturated carbocycles. The maximum Gasteiger partial charge on any atom is 0.0545 e. The standard InChI is InChI=1S/C17H20N2/c18-11-10-15-12-14-8-4-5-9-16(14)19-17(15)13-6-2-1-3-7-13/h1-9,15,17,19H,10-12,18H2/t15-,17-/m0/s1. The highest BCUT2D eigenvalue weighted by Gasteiger charge is 2.28. The summed E-state index contributed by atoms with van der Waals surface area (Å²) in [6.45, 7) is 0.748. The van der Waals surface area contributed by atoms with Gasteiger partial charge in [0.2, 0.25) is 0 Å². The fourth-order valence-corrected chi connectivity index (χ4v) is 3.02. The molecule has 2 atom stereocenters. The molecule has 0 bridgehead atoms. The van der Waals surface area contributed by atoms with Gasteiger partial charge in [-0.25, -0.2) is 0 Å². The maximum absolute atomic E-state index is 5.79. The lowest BCUT2D eigenvalue weighted by Crippen LogP contribution is -2.29. The summed E-state index contributed by atoms with van der Waals surface area (Å²) >= 11 is 0. The molecule has 2 nitrogen and oxygen atoms in total. The van der Waals surface area contributed by atoms with Gasteiger partial charge in [0.15, 0.2) is 0 Å². The van der Waals surface area contributed by atoms with Crippen LogP contribution in [0.1, 0.15) is 23.6 Å². The van der Waals surface area contributed by atoms with E-state index in [4.69, 9.17) is 5.73 Å². The molecule has 0 spiro atoms. The number of hydrogen-bond donors (Lipinski definition) is 2. The summed E-state index contributed by atoms with van der Waals surface area (Å²) in [5, 5.41) is 3.69. The van der Waals surface area contributed by atoms with Gasteiger partial charge in [-0.2, -0.15) is 0 Å². The highest BCUT2D eigenvalue weighted by Crippen LogP contribution is 2.37. The van der Waals surface area contributed by atoms with Gasteiger partial charge in [0, 0.05) is 5.69 Å². The Balaban J connectivity index is 1.94. The molecule has 1 heterocycles. The molecule has 0 fully saturated rings. The van der Waals surface area contributed by atoms with Crippen LogP contribution in [0, 0.1) is 5.92 Å². The van der Waals surface area contributed by atoms with Gasteiger partial charge in [0.1, 0.15) is 0 Å². The zero-order valence-electron chi connectivity index (χ0n) is 11.0. The van der Waals surface area contributed by atoms with Crippen molar-refractivity contribution in [3.05, 3.63) is 65.7 Å². The summed E-state index contributed by atoms with van der Waals surface area (Å²) in [5.74, 6) is 0.572. The zero-order valence-corrected chi connectivity index (χ0v) is 11.0. The summed E-state index contributed by atoms with van der Waals surface area (Å²) in [6.07, 6.45) is 2.17. The first-order chi connectivity index (χ1) is 9.38. The predicted octanol–water partition coefficient (Wildman–Crippen LogP) is 3.36. The topological polar surface area (TPSA) is 38.0 Å². The van der Waals surface area contributed by atoms with Crippen LogP contribution in [-0.4, -0.2) is 6.54 Å². The van der Waals surface area contributed by atoms with E-state index >= 15 is 0 Å². The summed E-state index contributed by atoms with van der Waals surface area (Å²) in [5.41, 5.74) is 9.83. The van der Waals surface area contributed by atoms with E-state index in [-0.39, 0.29) is 0 Å². The van der Waals surface area contributed by atoms with Crippen LogP contribution < -0.4 is 11.1 Å². The van der Waals surface area contributed by atoms with Crippen molar-refractivity contribution >= 4 is 5.69 Å². The fourth-order valence-electron chi connectivity index (χ4n) is 3.02. The third-order valence-corrected chi connectivity index (χ3v) is 3.98. The molecule has 2 aromatic carbocycles. The lowest BCUT2D eigenvalue weighted by Gasteiger charge is -2.35. The Morgan fingerprint density at radius 1 is 1.00 bits per heavy atom. The van der Waals surface area contributed by atoms with Gasteiger partial charge in [-0.1, -0.05) is 48.5 Å². The van der Waals surface area contributed by atoms with Gasteiger partial charge in [-0.05, 0) is 42.5 Å². The van der Waals surface area contributed by atoms with Gasteiger partial charge in [0.25, 0.3) is 0 Å². The van der Waals surface area contributed by atoms with Crippen molar-refractivity contribution in [2.45, 2.75) is 18.9 Å². The molecule has 2 heteroatoms. The van der Waals surface area contributed by atoms with E-state index in [2.05, 4.69) is 59.9 Å². The molecule has 98 valence electrons. The summed E-state index contributed by atoms with van der Waals surface area (Å²) in [4.78, 5) is 0. The summed E-state index contributed by atoms with van der Waals surface area (Å²) < 4.78 is 0. The van der Waals surface area contributed by atoms with Gasteiger partial charge in [-0.15, -0.1) is 0 Å². The number of rotatable bonds is 3. The van der Waals surface area contributed by atoms with Crippen LogP contribution in [0.2, 0.25) is 0 Å². The second kappa shape index (κ2) is 5.45. The van der Waals surface area contributed by atoms with Gasteiger partial charge in [0.05, 0.1) is 6.04 Å². The Bertz CT molecular complexity index is 536. The average molecular weight is 252 g/mol. The number of anilines is 1. The fraction of sp³-hybridized carbons (Fsp3) is 0.294. The third kappa shape index (κ3) is 2.49. The van der Waals surface area contributed by atoms with Crippen LogP contribution in [0.5, 0.6) is 0 Å². The molecular formula is C17H20N2. The highest BCUT2D eigenvalue weighted by atomic mass is 14.9. The van der Waals surface area contributed by atoms with Crippen LogP contribution in [0.15, 0.2) is 54.6 Å².